The zero-order chi connectivity index (χ0) is 28.2. The molecule has 2 aromatic carbocycles. The number of aromatic nitrogens is 2. The first-order valence-corrected chi connectivity index (χ1v) is 13.7. The van der Waals surface area contributed by atoms with Crippen molar-refractivity contribution in [2.24, 2.45) is 0 Å². The molecule has 0 aliphatic carbocycles. The highest BCUT2D eigenvalue weighted by molar-refractivity contribution is 7.89. The molecule has 1 atom stereocenters. The van der Waals surface area contributed by atoms with Gasteiger partial charge in [-0.1, -0.05) is 24.3 Å². The van der Waals surface area contributed by atoms with Crippen LogP contribution < -0.4 is 10.2 Å². The third kappa shape index (κ3) is 6.65. The Labute approximate surface area is 224 Å². The molecule has 210 valence electrons. The minimum Gasteiger partial charge on any atom is -0.395 e. The van der Waals surface area contributed by atoms with Crippen molar-refractivity contribution in [3.8, 4) is 0 Å². The Hall–Kier alpha value is -3.29. The van der Waals surface area contributed by atoms with Crippen LogP contribution in [0.1, 0.15) is 28.9 Å². The average molecular weight is 568 g/mol. The van der Waals surface area contributed by atoms with Gasteiger partial charge in [-0.15, -0.1) is 0 Å². The van der Waals surface area contributed by atoms with Crippen LogP contribution in [-0.4, -0.2) is 59.0 Å². The summed E-state index contributed by atoms with van der Waals surface area (Å²) in [6.07, 6.45) is 3.76. The number of anilines is 2. The van der Waals surface area contributed by atoms with Crippen LogP contribution in [0.25, 0.3) is 0 Å². The molecule has 0 bridgehead atoms. The molecule has 1 aromatic heterocycles. The third-order valence-electron chi connectivity index (χ3n) is 6.65. The minimum absolute atomic E-state index is 0.0707. The summed E-state index contributed by atoms with van der Waals surface area (Å²) in [5.41, 5.74) is -2.36. The van der Waals surface area contributed by atoms with E-state index in [-0.39, 0.29) is 13.2 Å². The molecule has 13 heteroatoms. The van der Waals surface area contributed by atoms with Crippen molar-refractivity contribution >= 4 is 21.4 Å². The number of aliphatic hydroxyl groups excluding tert-OH is 1. The average Bonchev–Trinajstić information content (AvgIpc) is 3.05. The predicted molar refractivity (Wildman–Crippen MR) is 139 cm³/mol. The summed E-state index contributed by atoms with van der Waals surface area (Å²) < 4.78 is 80.2. The van der Waals surface area contributed by atoms with Gasteiger partial charge in [-0.05, 0) is 54.7 Å². The highest BCUT2D eigenvalue weighted by Gasteiger charge is 2.51. The number of aryl methyl sites for hydroxylation is 2. The van der Waals surface area contributed by atoms with E-state index in [1.807, 2.05) is 4.90 Å². The Morgan fingerprint density at radius 3 is 2.44 bits per heavy atom. The van der Waals surface area contributed by atoms with Crippen molar-refractivity contribution in [1.29, 1.82) is 0 Å². The summed E-state index contributed by atoms with van der Waals surface area (Å²) in [5, 5.41) is 12.0. The van der Waals surface area contributed by atoms with Crippen LogP contribution in [0.2, 0.25) is 0 Å². The number of hydrogen-bond donors (Lipinski definition) is 2. The van der Waals surface area contributed by atoms with Gasteiger partial charge in [-0.2, -0.15) is 17.5 Å². The van der Waals surface area contributed by atoms with Gasteiger partial charge < -0.3 is 15.3 Å². The number of halogens is 4. The van der Waals surface area contributed by atoms with Crippen molar-refractivity contribution in [3.05, 3.63) is 83.2 Å². The van der Waals surface area contributed by atoms with Gasteiger partial charge in [0.05, 0.1) is 31.2 Å². The fourth-order valence-electron chi connectivity index (χ4n) is 4.59. The van der Waals surface area contributed by atoms with Gasteiger partial charge in [0.25, 0.3) is 0 Å². The lowest BCUT2D eigenvalue weighted by molar-refractivity contribution is -0.0492. The number of rotatable bonds is 9. The normalized spacial score (nSPS) is 16.6. The van der Waals surface area contributed by atoms with Gasteiger partial charge in [0, 0.05) is 31.4 Å². The summed E-state index contributed by atoms with van der Waals surface area (Å²) in [7, 11) is -5.62. The molecule has 1 aliphatic rings. The largest absolute Gasteiger partial charge is 0.511 e. The minimum atomic E-state index is -5.62. The molecule has 3 aromatic rings. The van der Waals surface area contributed by atoms with Gasteiger partial charge in [0.2, 0.25) is 0 Å². The molecule has 8 nitrogen and oxygen atoms in total. The number of sulfonamides is 1. The lowest BCUT2D eigenvalue weighted by Crippen LogP contribution is -2.47. The Morgan fingerprint density at radius 1 is 1.10 bits per heavy atom. The first-order chi connectivity index (χ1) is 18.5. The molecule has 4 rings (SSSR count). The van der Waals surface area contributed by atoms with Crippen LogP contribution in [0.15, 0.2) is 54.9 Å². The van der Waals surface area contributed by atoms with Crippen molar-refractivity contribution in [1.82, 2.24) is 14.3 Å². The Morgan fingerprint density at radius 2 is 1.79 bits per heavy atom. The number of aliphatic hydroxyl groups is 1. The molecule has 0 spiro atoms. The predicted octanol–water partition coefficient (Wildman–Crippen LogP) is 4.00. The van der Waals surface area contributed by atoms with Crippen LogP contribution in [0.3, 0.4) is 0 Å². The lowest BCUT2D eigenvalue weighted by atomic mass is 10.0. The van der Waals surface area contributed by atoms with E-state index in [9.17, 15) is 26.0 Å². The molecule has 0 fully saturated rings. The molecular formula is C26H29F4N5O3S. The number of benzene rings is 2. The molecular weight excluding hydrogens is 538 g/mol. The number of nitrogens with one attached hydrogen (secondary N) is 1. The fraction of sp³-hybridized carbons (Fsp3) is 0.385. The maximum Gasteiger partial charge on any atom is 0.511 e. The first-order valence-electron chi connectivity index (χ1n) is 12.3. The molecule has 0 amide bonds. The quantitative estimate of drug-likeness (QED) is 0.377. The molecule has 1 unspecified atom stereocenters. The summed E-state index contributed by atoms with van der Waals surface area (Å²) in [6.45, 7) is 1.25. The van der Waals surface area contributed by atoms with E-state index in [0.29, 0.717) is 52.0 Å². The SMILES string of the molecule is Cc1cccc2c1CN(S(=O)(=O)C(F)(F)F)CC(CCc1ccc(F)cc1)N2Cc1ncc(NCCO)cn1. The molecule has 2 N–H and O–H groups in total. The zero-order valence-electron chi connectivity index (χ0n) is 21.2. The van der Waals surface area contributed by atoms with Crippen LogP contribution in [0.4, 0.5) is 28.9 Å². The Balaban J connectivity index is 1.73. The maximum atomic E-state index is 13.7. The van der Waals surface area contributed by atoms with Gasteiger partial charge in [0.1, 0.15) is 11.6 Å². The standard InChI is InChI=1S/C26H29F4N5O3S/c1-18-3-2-4-24-23(18)16-34(39(37,38)26(28,29)30)15-22(10-7-19-5-8-20(27)9-6-19)35(24)17-25-32-13-21(14-33-25)31-11-12-36/h2-6,8-9,13-14,22,31,36H,7,10-12,15-17H2,1H3. The van der Waals surface area contributed by atoms with Crippen molar-refractivity contribution in [3.63, 3.8) is 0 Å². The monoisotopic (exact) mass is 567 g/mol. The lowest BCUT2D eigenvalue weighted by Gasteiger charge is -2.34. The summed E-state index contributed by atoms with van der Waals surface area (Å²) >= 11 is 0. The smallest absolute Gasteiger partial charge is 0.395 e. The summed E-state index contributed by atoms with van der Waals surface area (Å²) in [5.74, 6) is -0.0216. The Kier molecular flexibility index (Phi) is 8.72. The first kappa shape index (κ1) is 28.7. The molecule has 39 heavy (non-hydrogen) atoms. The third-order valence-corrected chi connectivity index (χ3v) is 8.20. The molecule has 0 saturated carbocycles. The van der Waals surface area contributed by atoms with E-state index in [1.165, 1.54) is 12.1 Å². The van der Waals surface area contributed by atoms with E-state index < -0.39 is 40.5 Å². The van der Waals surface area contributed by atoms with E-state index in [0.717, 1.165) is 5.56 Å². The molecule has 0 radical (unpaired) electrons. The fourth-order valence-corrected chi connectivity index (χ4v) is 5.55. The van der Waals surface area contributed by atoms with E-state index in [4.69, 9.17) is 5.11 Å². The number of alkyl halides is 3. The molecule has 0 saturated heterocycles. The van der Waals surface area contributed by atoms with Crippen LogP contribution in [0, 0.1) is 12.7 Å². The Bertz CT molecular complexity index is 1370. The number of hydrogen-bond acceptors (Lipinski definition) is 7. The second-order valence-corrected chi connectivity index (χ2v) is 11.2. The topological polar surface area (TPSA) is 98.7 Å². The van der Waals surface area contributed by atoms with Gasteiger partial charge in [-0.3, -0.25) is 0 Å². The highest BCUT2D eigenvalue weighted by Crippen LogP contribution is 2.37. The maximum absolute atomic E-state index is 13.7. The highest BCUT2D eigenvalue weighted by atomic mass is 32.2. The van der Waals surface area contributed by atoms with E-state index in [2.05, 4.69) is 15.3 Å². The van der Waals surface area contributed by atoms with Crippen molar-refractivity contribution in [2.45, 2.75) is 44.4 Å². The van der Waals surface area contributed by atoms with Crippen LogP contribution in [-0.2, 0) is 29.5 Å². The van der Waals surface area contributed by atoms with Gasteiger partial charge in [0.15, 0.2) is 0 Å². The van der Waals surface area contributed by atoms with Gasteiger partial charge in [-0.25, -0.2) is 22.8 Å². The second-order valence-electron chi connectivity index (χ2n) is 9.30. The van der Waals surface area contributed by atoms with Crippen LogP contribution >= 0.6 is 0 Å². The van der Waals surface area contributed by atoms with Crippen molar-refractivity contribution in [2.75, 3.05) is 29.9 Å². The number of fused-ring (bicyclic) bond motifs is 1. The van der Waals surface area contributed by atoms with E-state index >= 15 is 0 Å². The van der Waals surface area contributed by atoms with Gasteiger partial charge >= 0.3 is 15.5 Å². The zero-order valence-corrected chi connectivity index (χ0v) is 22.0. The summed E-state index contributed by atoms with van der Waals surface area (Å²) in [6, 6.07) is 10.4. The van der Waals surface area contributed by atoms with Crippen LogP contribution in [0.5, 0.6) is 0 Å². The van der Waals surface area contributed by atoms with Crippen molar-refractivity contribution < 1.29 is 31.1 Å². The molecule has 1 aliphatic heterocycles. The molecule has 2 heterocycles. The summed E-state index contributed by atoms with van der Waals surface area (Å²) in [4.78, 5) is 10.6. The van der Waals surface area contributed by atoms with E-state index in [1.54, 1.807) is 49.6 Å². The second kappa shape index (κ2) is 11.8. The number of nitrogens with zero attached hydrogens (tertiary/aromatic N) is 4.